The molecular weight excluding hydrogens is 424 g/mol. The Morgan fingerprint density at radius 3 is 2.42 bits per heavy atom. The summed E-state index contributed by atoms with van der Waals surface area (Å²) in [5.74, 6) is 0.425. The number of aryl methyl sites for hydroxylation is 2. The second-order valence-corrected chi connectivity index (χ2v) is 7.84. The van der Waals surface area contributed by atoms with Crippen molar-refractivity contribution in [2.24, 2.45) is 14.1 Å². The van der Waals surface area contributed by atoms with Crippen LogP contribution in [0, 0.1) is 10.1 Å². The average Bonchev–Trinajstić information content (AvgIpc) is 3.38. The van der Waals surface area contributed by atoms with Crippen LogP contribution in [0.1, 0.15) is 12.5 Å². The summed E-state index contributed by atoms with van der Waals surface area (Å²) >= 11 is 0. The monoisotopic (exact) mass is 444 g/mol. The van der Waals surface area contributed by atoms with Crippen LogP contribution in [-0.4, -0.2) is 28.0 Å². The molecule has 10 nitrogen and oxygen atoms in total. The molecule has 0 fully saturated rings. The van der Waals surface area contributed by atoms with E-state index >= 15 is 0 Å². The Balaban J connectivity index is 1.92. The number of non-ortho nitro benzene ring substituents is 1. The molecule has 0 aliphatic heterocycles. The first-order valence-electron chi connectivity index (χ1n) is 10.4. The molecule has 0 saturated heterocycles. The summed E-state index contributed by atoms with van der Waals surface area (Å²) in [6, 6.07) is 14.2. The molecule has 2 aromatic carbocycles. The maximum atomic E-state index is 13.0. The molecule has 0 spiro atoms. The average molecular weight is 444 g/mol. The summed E-state index contributed by atoms with van der Waals surface area (Å²) in [7, 11) is 2.99. The third-order valence-electron chi connectivity index (χ3n) is 5.92. The van der Waals surface area contributed by atoms with Crippen LogP contribution in [-0.2, 0) is 20.5 Å². The normalized spacial score (nSPS) is 11.5. The summed E-state index contributed by atoms with van der Waals surface area (Å²) < 4.78 is 5.85. The summed E-state index contributed by atoms with van der Waals surface area (Å²) in [5, 5.41) is 11.4. The molecule has 0 aliphatic rings. The van der Waals surface area contributed by atoms with Crippen LogP contribution >= 0.6 is 0 Å². The smallest absolute Gasteiger partial charge is 0.279 e. The molecule has 0 bridgehead atoms. The highest BCUT2D eigenvalue weighted by Gasteiger charge is 2.22. The van der Waals surface area contributed by atoms with E-state index in [-0.39, 0.29) is 16.9 Å². The van der Waals surface area contributed by atoms with E-state index in [4.69, 9.17) is 0 Å². The molecular formula is C23H20N6O4. The van der Waals surface area contributed by atoms with Gasteiger partial charge in [0.25, 0.3) is 11.2 Å². The molecule has 0 saturated carbocycles. The van der Waals surface area contributed by atoms with Crippen molar-refractivity contribution in [2.45, 2.75) is 13.3 Å². The molecule has 0 radical (unpaired) electrons. The first-order valence-corrected chi connectivity index (χ1v) is 10.4. The largest absolute Gasteiger partial charge is 0.332 e. The first-order chi connectivity index (χ1) is 15.8. The molecule has 5 aromatic rings. The quantitative estimate of drug-likeness (QED) is 0.313. The van der Waals surface area contributed by atoms with Crippen LogP contribution in [0.5, 0.6) is 0 Å². The van der Waals surface area contributed by atoms with Crippen molar-refractivity contribution in [2.75, 3.05) is 0 Å². The van der Waals surface area contributed by atoms with Crippen molar-refractivity contribution >= 4 is 22.6 Å². The van der Waals surface area contributed by atoms with Gasteiger partial charge in [-0.1, -0.05) is 31.2 Å². The first kappa shape index (κ1) is 20.4. The summed E-state index contributed by atoms with van der Waals surface area (Å²) in [6.07, 6.45) is 2.61. The Morgan fingerprint density at radius 1 is 1.03 bits per heavy atom. The number of hydrogen-bond acceptors (Lipinski definition) is 5. The maximum absolute atomic E-state index is 13.0. The predicted molar refractivity (Wildman–Crippen MR) is 124 cm³/mol. The number of nitrogens with zero attached hydrogens (tertiary/aromatic N) is 6. The van der Waals surface area contributed by atoms with E-state index < -0.39 is 16.2 Å². The lowest BCUT2D eigenvalue weighted by molar-refractivity contribution is -0.384. The van der Waals surface area contributed by atoms with Gasteiger partial charge in [0.05, 0.1) is 10.6 Å². The van der Waals surface area contributed by atoms with Gasteiger partial charge in [0, 0.05) is 43.7 Å². The number of hydrogen-bond donors (Lipinski definition) is 0. The fraction of sp³-hybridized carbons (Fsp3) is 0.174. The minimum Gasteiger partial charge on any atom is -0.279 e. The molecule has 3 aromatic heterocycles. The van der Waals surface area contributed by atoms with Crippen molar-refractivity contribution < 1.29 is 4.92 Å². The van der Waals surface area contributed by atoms with Crippen molar-refractivity contribution in [3.05, 3.63) is 91.2 Å². The van der Waals surface area contributed by atoms with E-state index in [9.17, 15) is 19.7 Å². The number of rotatable bonds is 4. The highest BCUT2D eigenvalue weighted by molar-refractivity contribution is 5.79. The zero-order chi connectivity index (χ0) is 23.4. The third-order valence-corrected chi connectivity index (χ3v) is 5.92. The van der Waals surface area contributed by atoms with Gasteiger partial charge in [0.2, 0.25) is 5.78 Å². The zero-order valence-corrected chi connectivity index (χ0v) is 18.2. The summed E-state index contributed by atoms with van der Waals surface area (Å²) in [6.45, 7) is 2.06. The lowest BCUT2D eigenvalue weighted by Crippen LogP contribution is -2.37. The lowest BCUT2D eigenvalue weighted by Gasteiger charge is -2.10. The Hall–Kier alpha value is -4.47. The number of nitro benzene ring substituents is 1. The van der Waals surface area contributed by atoms with Crippen LogP contribution in [0.15, 0.2) is 64.3 Å². The Morgan fingerprint density at radius 2 is 1.76 bits per heavy atom. The topological polar surface area (TPSA) is 109 Å². The molecule has 0 amide bonds. The Labute approximate surface area is 186 Å². The van der Waals surface area contributed by atoms with Gasteiger partial charge in [-0.25, -0.2) is 4.79 Å². The van der Waals surface area contributed by atoms with Crippen LogP contribution < -0.4 is 11.2 Å². The maximum Gasteiger partial charge on any atom is 0.332 e. The molecule has 33 heavy (non-hydrogen) atoms. The van der Waals surface area contributed by atoms with Gasteiger partial charge >= 0.3 is 5.69 Å². The van der Waals surface area contributed by atoms with E-state index in [0.29, 0.717) is 17.0 Å². The van der Waals surface area contributed by atoms with E-state index in [1.54, 1.807) is 29.8 Å². The molecule has 0 unspecified atom stereocenters. The van der Waals surface area contributed by atoms with Crippen LogP contribution in [0.4, 0.5) is 5.69 Å². The minimum atomic E-state index is -0.468. The molecule has 10 heteroatoms. The predicted octanol–water partition coefficient (Wildman–Crippen LogP) is 2.81. The SMILES string of the molecule is CCc1ccc(-n2c(-c3cccc([N+](=O)[O-])c3)cn3c4c(=O)n(C)c(=O)n(C)c4nc23)cc1. The van der Waals surface area contributed by atoms with Crippen molar-refractivity contribution in [1.82, 2.24) is 23.1 Å². The molecule has 166 valence electrons. The number of imidazole rings is 2. The van der Waals surface area contributed by atoms with Crippen LogP contribution in [0.25, 0.3) is 33.9 Å². The second kappa shape index (κ2) is 7.30. The fourth-order valence-corrected chi connectivity index (χ4v) is 4.09. The Bertz CT molecular complexity index is 1690. The minimum absolute atomic E-state index is 0.0395. The van der Waals surface area contributed by atoms with Crippen molar-refractivity contribution in [1.29, 1.82) is 0 Å². The molecule has 0 atom stereocenters. The molecule has 3 heterocycles. The van der Waals surface area contributed by atoms with E-state index in [2.05, 4.69) is 11.9 Å². The standard InChI is InChI=1S/C23H20N6O4/c1-4-14-8-10-16(11-9-14)28-18(15-6-5-7-17(12-15)29(32)33)13-27-19-20(24-22(27)28)25(2)23(31)26(3)21(19)30/h5-13H,4H2,1-3H3. The van der Waals surface area contributed by atoms with Crippen molar-refractivity contribution in [3.8, 4) is 16.9 Å². The second-order valence-electron chi connectivity index (χ2n) is 7.84. The fourth-order valence-electron chi connectivity index (χ4n) is 4.09. The summed E-state index contributed by atoms with van der Waals surface area (Å²) in [4.78, 5) is 41.0. The Kier molecular flexibility index (Phi) is 4.52. The molecule has 5 rings (SSSR count). The molecule has 0 N–H and O–H groups in total. The van der Waals surface area contributed by atoms with E-state index in [0.717, 1.165) is 22.2 Å². The van der Waals surface area contributed by atoms with Gasteiger partial charge in [-0.2, -0.15) is 4.98 Å². The number of nitro groups is 1. The van der Waals surface area contributed by atoms with Gasteiger partial charge in [-0.3, -0.25) is 33.0 Å². The van der Waals surface area contributed by atoms with Gasteiger partial charge < -0.3 is 0 Å². The van der Waals surface area contributed by atoms with Crippen molar-refractivity contribution in [3.63, 3.8) is 0 Å². The van der Waals surface area contributed by atoms with Crippen LogP contribution in [0.3, 0.4) is 0 Å². The highest BCUT2D eigenvalue weighted by atomic mass is 16.6. The summed E-state index contributed by atoms with van der Waals surface area (Å²) in [5.41, 5.74) is 2.71. The van der Waals surface area contributed by atoms with E-state index in [1.807, 2.05) is 28.8 Å². The van der Waals surface area contributed by atoms with Gasteiger partial charge in [-0.15, -0.1) is 0 Å². The zero-order valence-electron chi connectivity index (χ0n) is 18.2. The number of aromatic nitrogens is 5. The number of fused-ring (bicyclic) bond motifs is 3. The van der Waals surface area contributed by atoms with Gasteiger partial charge in [0.15, 0.2) is 11.2 Å². The van der Waals surface area contributed by atoms with Gasteiger partial charge in [-0.05, 0) is 24.1 Å². The third kappa shape index (κ3) is 2.99. The lowest BCUT2D eigenvalue weighted by atomic mass is 10.1. The van der Waals surface area contributed by atoms with E-state index in [1.165, 1.54) is 23.7 Å². The number of benzene rings is 2. The molecule has 0 aliphatic carbocycles. The van der Waals surface area contributed by atoms with Crippen LogP contribution in [0.2, 0.25) is 0 Å². The highest BCUT2D eigenvalue weighted by Crippen LogP contribution is 2.30. The van der Waals surface area contributed by atoms with Gasteiger partial charge in [0.1, 0.15) is 0 Å².